The molecular formula is C55H39N10Na5O16S2. The van der Waals surface area contributed by atoms with Gasteiger partial charge in [0.25, 0.3) is 0 Å². The number of carboxylic acid groups (broad SMARTS) is 3. The first-order valence-corrected chi connectivity index (χ1v) is 25.5. The number of azo groups is 4. The Morgan fingerprint density at radius 1 is 0.443 bits per heavy atom. The Labute approximate surface area is 618 Å². The molecule has 0 aliphatic heterocycles. The third-order valence-corrected chi connectivity index (χ3v) is 12.7. The third kappa shape index (κ3) is 19.9. The van der Waals surface area contributed by atoms with E-state index in [2.05, 4.69) is 59.7 Å². The first kappa shape index (κ1) is 77.1. The smallest absolute Gasteiger partial charge is 0.691 e. The normalized spacial score (nSPS) is 10.9. The van der Waals surface area contributed by atoms with E-state index in [1.165, 1.54) is 24.3 Å². The molecule has 9 aromatic rings. The average molecular weight is 1280 g/mol. The van der Waals surface area contributed by atoms with Crippen molar-refractivity contribution in [1.82, 2.24) is 0 Å². The molecule has 0 saturated carbocycles. The SMILES string of the molecule is CCOc1cc(N=Nc2c(SOO[O-])cc3ccc(N)cc3c2O)c(OCC)cc1N=Nc1cccc(C(=O)[O-])c1.Nc1ccc2cc(SOO[O-])c(N=Nc3ccc(N=Nc4cc(C(=O)[O-])cc(C(=O)[O-])c4)c4ccccc34)c(O)c2c1.[Na+].[Na+].[Na+].[Na+].[Na+]. The Morgan fingerprint density at radius 2 is 0.852 bits per heavy atom. The number of rotatable bonds is 21. The quantitative estimate of drug-likeness (QED) is 0.0130. The average Bonchev–Trinajstić information content (AvgIpc) is 2.62. The van der Waals surface area contributed by atoms with Gasteiger partial charge in [-0.3, -0.25) is 10.1 Å². The van der Waals surface area contributed by atoms with Gasteiger partial charge in [0.1, 0.15) is 34.2 Å². The van der Waals surface area contributed by atoms with Crippen molar-refractivity contribution in [3.63, 3.8) is 0 Å². The van der Waals surface area contributed by atoms with Gasteiger partial charge in [0.05, 0.1) is 87.7 Å². The maximum atomic E-state index is 11.3. The van der Waals surface area contributed by atoms with Gasteiger partial charge in [0.15, 0.2) is 11.5 Å². The monoisotopic (exact) mass is 1270 g/mol. The van der Waals surface area contributed by atoms with Crippen LogP contribution >= 0.6 is 24.1 Å². The number of carboxylic acids is 3. The Hall–Kier alpha value is -5.17. The number of nitrogens with two attached hydrogens (primary N) is 2. The summed E-state index contributed by atoms with van der Waals surface area (Å²) in [5.41, 5.74) is 13.3. The van der Waals surface area contributed by atoms with E-state index in [1.807, 2.05) is 0 Å². The molecule has 0 fully saturated rings. The molecule has 26 nitrogen and oxygen atoms in total. The predicted octanol–water partition coefficient (Wildman–Crippen LogP) is -5.56. The van der Waals surface area contributed by atoms with Gasteiger partial charge in [0, 0.05) is 56.2 Å². The summed E-state index contributed by atoms with van der Waals surface area (Å²) in [6.07, 6.45) is 0. The number of ether oxygens (including phenoxy) is 2. The summed E-state index contributed by atoms with van der Waals surface area (Å²) in [5, 5.41) is 120. The molecule has 88 heavy (non-hydrogen) atoms. The summed E-state index contributed by atoms with van der Waals surface area (Å²) in [6.45, 7) is 4.12. The molecule has 9 rings (SSSR count). The van der Waals surface area contributed by atoms with Crippen molar-refractivity contribution in [3.05, 3.63) is 156 Å². The van der Waals surface area contributed by atoms with E-state index in [-0.39, 0.29) is 233 Å². The van der Waals surface area contributed by atoms with Crippen molar-refractivity contribution in [2.24, 2.45) is 40.9 Å². The van der Waals surface area contributed by atoms with Crippen LogP contribution < -0.4 is 195 Å². The van der Waals surface area contributed by atoms with Crippen molar-refractivity contribution in [3.8, 4) is 23.0 Å². The Morgan fingerprint density at radius 3 is 1.28 bits per heavy atom. The number of carbonyl (C=O) groups excluding carboxylic acids is 3. The minimum absolute atomic E-state index is 0. The first-order valence-electron chi connectivity index (χ1n) is 24.0. The summed E-state index contributed by atoms with van der Waals surface area (Å²) < 4.78 is 20.4. The van der Waals surface area contributed by atoms with Crippen molar-refractivity contribution in [1.29, 1.82) is 0 Å². The molecule has 9 aromatic carbocycles. The molecule has 0 aromatic heterocycles. The number of aromatic hydroxyl groups is 2. The largest absolute Gasteiger partial charge is 1.00 e. The summed E-state index contributed by atoms with van der Waals surface area (Å²) >= 11 is 1.09. The fraction of sp³-hybridized carbons (Fsp3) is 0.0727. The van der Waals surface area contributed by atoms with Gasteiger partial charge in [-0.2, -0.15) is 18.9 Å². The molecule has 0 radical (unpaired) electrons. The Balaban J connectivity index is 0.000000436. The molecule has 0 saturated heterocycles. The van der Waals surface area contributed by atoms with Gasteiger partial charge in [-0.15, -0.1) is 30.7 Å². The van der Waals surface area contributed by atoms with Crippen molar-refractivity contribution < 1.29 is 226 Å². The number of phenols is 2. The summed E-state index contributed by atoms with van der Waals surface area (Å²) in [5.74, 6) is -4.42. The van der Waals surface area contributed by atoms with E-state index in [0.717, 1.165) is 18.2 Å². The van der Waals surface area contributed by atoms with Gasteiger partial charge < -0.3 is 71.4 Å². The number of hydrogen-bond donors (Lipinski definition) is 4. The minimum Gasteiger partial charge on any atom is -0.691 e. The number of nitrogen functional groups attached to an aromatic ring is 2. The second-order valence-electron chi connectivity index (χ2n) is 16.8. The number of fused-ring (bicyclic) bond motifs is 3. The van der Waals surface area contributed by atoms with Crippen LogP contribution in [0.25, 0.3) is 32.3 Å². The van der Waals surface area contributed by atoms with Crippen LogP contribution in [0, 0.1) is 0 Å². The van der Waals surface area contributed by atoms with E-state index < -0.39 is 29.0 Å². The van der Waals surface area contributed by atoms with Crippen LogP contribution in [0.3, 0.4) is 0 Å². The van der Waals surface area contributed by atoms with Gasteiger partial charge in [-0.1, -0.05) is 48.5 Å². The number of carbonyl (C=O) groups is 3. The van der Waals surface area contributed by atoms with E-state index in [4.69, 9.17) is 20.9 Å². The van der Waals surface area contributed by atoms with Crippen LogP contribution in [0.2, 0.25) is 0 Å². The van der Waals surface area contributed by atoms with Crippen LogP contribution in [0.1, 0.15) is 44.9 Å². The van der Waals surface area contributed by atoms with Crippen LogP contribution in [0.15, 0.2) is 190 Å². The molecule has 0 bridgehead atoms. The summed E-state index contributed by atoms with van der Waals surface area (Å²) in [6, 6.07) is 35.3. The van der Waals surface area contributed by atoms with Gasteiger partial charge >= 0.3 is 148 Å². The number of anilines is 2. The van der Waals surface area contributed by atoms with Crippen LogP contribution in [0.5, 0.6) is 23.0 Å². The molecular weight excluding hydrogens is 1240 g/mol. The van der Waals surface area contributed by atoms with Crippen LogP contribution in [-0.2, 0) is 18.7 Å². The molecule has 0 aliphatic carbocycles. The molecule has 0 heterocycles. The summed E-state index contributed by atoms with van der Waals surface area (Å²) in [4.78, 5) is 34.2. The molecule has 0 atom stereocenters. The number of hydrogen-bond acceptors (Lipinski definition) is 28. The number of aromatic carboxylic acids is 3. The number of phenolic OH excluding ortho intramolecular Hbond substituents is 2. The fourth-order valence-corrected chi connectivity index (χ4v) is 8.83. The maximum Gasteiger partial charge on any atom is 1.00 e. The van der Waals surface area contributed by atoms with Crippen molar-refractivity contribution >= 4 is 131 Å². The van der Waals surface area contributed by atoms with Gasteiger partial charge in [0.2, 0.25) is 0 Å². The number of benzene rings is 9. The van der Waals surface area contributed by atoms with E-state index in [0.29, 0.717) is 79.2 Å². The molecule has 0 spiro atoms. The van der Waals surface area contributed by atoms with Gasteiger partial charge in [-0.05, 0) is 109 Å². The third-order valence-electron chi connectivity index (χ3n) is 11.5. The Bertz CT molecular complexity index is 4070. The zero-order valence-corrected chi connectivity index (χ0v) is 59.5. The van der Waals surface area contributed by atoms with Crippen LogP contribution in [0.4, 0.5) is 56.9 Å². The van der Waals surface area contributed by atoms with E-state index >= 15 is 0 Å². The molecule has 0 aliphatic rings. The second kappa shape index (κ2) is 37.2. The molecule has 0 amide bonds. The predicted molar refractivity (Wildman–Crippen MR) is 291 cm³/mol. The van der Waals surface area contributed by atoms with E-state index in [9.17, 15) is 50.4 Å². The molecule has 6 N–H and O–H groups in total. The summed E-state index contributed by atoms with van der Waals surface area (Å²) in [7, 11) is 0. The van der Waals surface area contributed by atoms with E-state index in [1.54, 1.807) is 111 Å². The van der Waals surface area contributed by atoms with Crippen LogP contribution in [-0.4, -0.2) is 41.3 Å². The number of nitrogens with zero attached hydrogens (tertiary/aromatic N) is 8. The first-order chi connectivity index (χ1) is 40.1. The Kier molecular flexibility index (Phi) is 32.6. The van der Waals surface area contributed by atoms with Crippen molar-refractivity contribution in [2.75, 3.05) is 24.7 Å². The van der Waals surface area contributed by atoms with Crippen molar-refractivity contribution in [2.45, 2.75) is 23.6 Å². The van der Waals surface area contributed by atoms with Gasteiger partial charge in [-0.25, -0.2) is 0 Å². The fourth-order valence-electron chi connectivity index (χ4n) is 7.85. The zero-order chi connectivity index (χ0) is 59.2. The molecule has 422 valence electrons. The molecule has 0 unspecified atom stereocenters. The standard InChI is InChI=1S/C28H19N5O8S.C27H25N5O8S.5Na/c29-17-6-5-14-12-24(42-41-40-39)25(26(34)21(14)13-17)33-32-23-8-7-22(19-3-1-2-4-20(19)23)31-30-18-10-15(27(35)36)9-16(11-18)28(37)38;1-3-37-22-14-21(23(38-4-2)13-20(22)30-29-18-7-5-6-16(10-18)27(34)35)31-32-25-24(41-40-39-36)11-15-8-9-17(28)12-19(15)26(25)33;;;;;/h1-13,34,39H,29H2,(H,35,36)(H,37,38);5-14,33,36H,3-4,28H2,1-2H3,(H,34,35);;;;;/q;;5*+1/p-5. The second-order valence-corrected chi connectivity index (χ2v) is 18.3. The zero-order valence-electron chi connectivity index (χ0n) is 47.9. The topological polar surface area (TPSA) is 413 Å². The molecule has 33 heteroatoms. The minimum atomic E-state index is -1.58. The maximum absolute atomic E-state index is 11.3.